The van der Waals surface area contributed by atoms with E-state index in [9.17, 15) is 4.79 Å². The molecule has 0 atom stereocenters. The summed E-state index contributed by atoms with van der Waals surface area (Å²) in [7, 11) is 0. The number of benzene rings is 1. The summed E-state index contributed by atoms with van der Waals surface area (Å²) in [6.45, 7) is 6.69. The van der Waals surface area contributed by atoms with E-state index in [4.69, 9.17) is 0 Å². The van der Waals surface area contributed by atoms with Crippen molar-refractivity contribution in [1.82, 2.24) is 20.2 Å². The molecule has 2 N–H and O–H groups in total. The zero-order valence-corrected chi connectivity index (χ0v) is 12.1. The van der Waals surface area contributed by atoms with Gasteiger partial charge in [0, 0.05) is 13.1 Å². The molecule has 0 spiro atoms. The number of fused-ring (bicyclic) bond motifs is 1. The summed E-state index contributed by atoms with van der Waals surface area (Å²) >= 11 is 0. The molecule has 1 heterocycles. The second kappa shape index (κ2) is 7.05. The molecule has 1 aromatic heterocycles. The van der Waals surface area contributed by atoms with Crippen molar-refractivity contribution < 1.29 is 4.79 Å². The van der Waals surface area contributed by atoms with E-state index in [1.807, 2.05) is 25.1 Å². The minimum atomic E-state index is 0.0422. The van der Waals surface area contributed by atoms with Gasteiger partial charge in [0.15, 0.2) is 0 Å². The molecule has 0 aliphatic carbocycles. The molecule has 0 aliphatic rings. The third-order valence-corrected chi connectivity index (χ3v) is 3.22. The predicted molar refractivity (Wildman–Crippen MR) is 80.6 cm³/mol. The van der Waals surface area contributed by atoms with E-state index in [2.05, 4.69) is 33.2 Å². The molecule has 2 aromatic rings. The van der Waals surface area contributed by atoms with Crippen LogP contribution in [-0.4, -0.2) is 35.1 Å². The standard InChI is InChI=1S/C15H22N4O/c1-3-8-16-11-15(20)17-9-10-19-12(2)18-13-6-4-5-7-14(13)19/h4-7,16H,3,8-11H2,1-2H3,(H,17,20). The Morgan fingerprint density at radius 1 is 1.30 bits per heavy atom. The van der Waals surface area contributed by atoms with Gasteiger partial charge < -0.3 is 15.2 Å². The van der Waals surface area contributed by atoms with Gasteiger partial charge in [0.2, 0.25) is 5.91 Å². The first-order valence-electron chi connectivity index (χ1n) is 7.11. The lowest BCUT2D eigenvalue weighted by Gasteiger charge is -2.09. The van der Waals surface area contributed by atoms with E-state index in [0.717, 1.165) is 36.4 Å². The zero-order chi connectivity index (χ0) is 14.4. The van der Waals surface area contributed by atoms with Crippen LogP contribution in [0.5, 0.6) is 0 Å². The van der Waals surface area contributed by atoms with Gasteiger partial charge in [-0.25, -0.2) is 4.98 Å². The Balaban J connectivity index is 1.87. The molecule has 0 bridgehead atoms. The Hall–Kier alpha value is -1.88. The van der Waals surface area contributed by atoms with Gasteiger partial charge in [-0.15, -0.1) is 0 Å². The summed E-state index contributed by atoms with van der Waals surface area (Å²) in [6, 6.07) is 8.06. The van der Waals surface area contributed by atoms with E-state index >= 15 is 0 Å². The van der Waals surface area contributed by atoms with Crippen LogP contribution in [0.1, 0.15) is 19.2 Å². The molecule has 1 aromatic carbocycles. The highest BCUT2D eigenvalue weighted by atomic mass is 16.1. The minimum absolute atomic E-state index is 0.0422. The van der Waals surface area contributed by atoms with Gasteiger partial charge >= 0.3 is 0 Å². The average molecular weight is 274 g/mol. The van der Waals surface area contributed by atoms with Crippen molar-refractivity contribution in [1.29, 1.82) is 0 Å². The fourth-order valence-corrected chi connectivity index (χ4v) is 2.23. The second-order valence-corrected chi connectivity index (χ2v) is 4.83. The van der Waals surface area contributed by atoms with Crippen LogP contribution in [0.25, 0.3) is 11.0 Å². The van der Waals surface area contributed by atoms with E-state index in [0.29, 0.717) is 13.1 Å². The van der Waals surface area contributed by atoms with Crippen LogP contribution in [0.3, 0.4) is 0 Å². The number of imidazole rings is 1. The summed E-state index contributed by atoms with van der Waals surface area (Å²) < 4.78 is 2.13. The summed E-state index contributed by atoms with van der Waals surface area (Å²) in [4.78, 5) is 16.1. The number of nitrogens with one attached hydrogen (secondary N) is 2. The van der Waals surface area contributed by atoms with Crippen LogP contribution in [0, 0.1) is 6.92 Å². The molecule has 108 valence electrons. The maximum atomic E-state index is 11.6. The molecule has 20 heavy (non-hydrogen) atoms. The number of para-hydroxylation sites is 2. The molecular formula is C15H22N4O. The van der Waals surface area contributed by atoms with Gasteiger partial charge in [0.25, 0.3) is 0 Å². The van der Waals surface area contributed by atoms with Crippen LogP contribution in [0.15, 0.2) is 24.3 Å². The first kappa shape index (κ1) is 14.5. The Morgan fingerprint density at radius 3 is 2.90 bits per heavy atom. The average Bonchev–Trinajstić information content (AvgIpc) is 2.75. The fraction of sp³-hybridized carbons (Fsp3) is 0.467. The minimum Gasteiger partial charge on any atom is -0.353 e. The maximum absolute atomic E-state index is 11.6. The number of hydrogen-bond acceptors (Lipinski definition) is 3. The van der Waals surface area contributed by atoms with Gasteiger partial charge in [0.05, 0.1) is 17.6 Å². The monoisotopic (exact) mass is 274 g/mol. The third kappa shape index (κ3) is 3.57. The van der Waals surface area contributed by atoms with E-state index in [-0.39, 0.29) is 5.91 Å². The normalized spacial score (nSPS) is 10.9. The molecular weight excluding hydrogens is 252 g/mol. The van der Waals surface area contributed by atoms with Crippen molar-refractivity contribution in [3.8, 4) is 0 Å². The largest absolute Gasteiger partial charge is 0.353 e. The van der Waals surface area contributed by atoms with E-state index in [1.165, 1.54) is 0 Å². The highest BCUT2D eigenvalue weighted by Gasteiger charge is 2.06. The van der Waals surface area contributed by atoms with Gasteiger partial charge in [-0.1, -0.05) is 19.1 Å². The molecule has 1 amide bonds. The first-order valence-corrected chi connectivity index (χ1v) is 7.11. The van der Waals surface area contributed by atoms with Crippen LogP contribution < -0.4 is 10.6 Å². The number of carbonyl (C=O) groups is 1. The first-order chi connectivity index (χ1) is 9.72. The topological polar surface area (TPSA) is 59.0 Å². The molecule has 0 unspecified atom stereocenters. The quantitative estimate of drug-likeness (QED) is 0.752. The highest BCUT2D eigenvalue weighted by Crippen LogP contribution is 2.14. The number of hydrogen-bond donors (Lipinski definition) is 2. The van der Waals surface area contributed by atoms with E-state index < -0.39 is 0 Å². The molecule has 0 saturated carbocycles. The molecule has 0 radical (unpaired) electrons. The SMILES string of the molecule is CCCNCC(=O)NCCn1c(C)nc2ccccc21. The molecule has 2 rings (SSSR count). The van der Waals surface area contributed by atoms with Crippen LogP contribution in [0.2, 0.25) is 0 Å². The Morgan fingerprint density at radius 2 is 2.10 bits per heavy atom. The second-order valence-electron chi connectivity index (χ2n) is 4.83. The molecule has 5 heteroatoms. The van der Waals surface area contributed by atoms with Crippen LogP contribution in [-0.2, 0) is 11.3 Å². The van der Waals surface area contributed by atoms with Crippen molar-refractivity contribution in [2.45, 2.75) is 26.8 Å². The summed E-state index contributed by atoms with van der Waals surface area (Å²) in [5.41, 5.74) is 2.12. The van der Waals surface area contributed by atoms with Crippen molar-refractivity contribution in [3.05, 3.63) is 30.1 Å². The number of aryl methyl sites for hydroxylation is 1. The zero-order valence-electron chi connectivity index (χ0n) is 12.1. The maximum Gasteiger partial charge on any atom is 0.234 e. The smallest absolute Gasteiger partial charge is 0.234 e. The lowest BCUT2D eigenvalue weighted by atomic mass is 10.3. The van der Waals surface area contributed by atoms with Gasteiger partial charge in [0.1, 0.15) is 5.82 Å². The molecule has 0 saturated heterocycles. The number of aromatic nitrogens is 2. The highest BCUT2D eigenvalue weighted by molar-refractivity contribution is 5.78. The lowest BCUT2D eigenvalue weighted by molar-refractivity contribution is -0.120. The predicted octanol–water partition coefficient (Wildman–Crippen LogP) is 1.46. The molecule has 0 aliphatic heterocycles. The van der Waals surface area contributed by atoms with Crippen molar-refractivity contribution in [2.75, 3.05) is 19.6 Å². The van der Waals surface area contributed by atoms with Crippen LogP contribution in [0.4, 0.5) is 0 Å². The van der Waals surface area contributed by atoms with Gasteiger partial charge in [-0.2, -0.15) is 0 Å². The van der Waals surface area contributed by atoms with Gasteiger partial charge in [-0.05, 0) is 32.0 Å². The van der Waals surface area contributed by atoms with Crippen molar-refractivity contribution in [2.24, 2.45) is 0 Å². The Labute approximate surface area is 119 Å². The lowest BCUT2D eigenvalue weighted by Crippen LogP contribution is -2.35. The van der Waals surface area contributed by atoms with Crippen molar-refractivity contribution in [3.63, 3.8) is 0 Å². The number of nitrogens with zero attached hydrogens (tertiary/aromatic N) is 2. The summed E-state index contributed by atoms with van der Waals surface area (Å²) in [5, 5.41) is 6.01. The molecule has 5 nitrogen and oxygen atoms in total. The van der Waals surface area contributed by atoms with Crippen LogP contribution >= 0.6 is 0 Å². The van der Waals surface area contributed by atoms with Gasteiger partial charge in [-0.3, -0.25) is 4.79 Å². The third-order valence-electron chi connectivity index (χ3n) is 3.22. The van der Waals surface area contributed by atoms with Crippen molar-refractivity contribution >= 4 is 16.9 Å². The van der Waals surface area contributed by atoms with E-state index in [1.54, 1.807) is 0 Å². The number of rotatable bonds is 7. The number of amides is 1. The fourth-order valence-electron chi connectivity index (χ4n) is 2.23. The molecule has 0 fully saturated rings. The summed E-state index contributed by atoms with van der Waals surface area (Å²) in [5.74, 6) is 1.02. The Kier molecular flexibility index (Phi) is 5.12. The number of carbonyl (C=O) groups excluding carboxylic acids is 1. The Bertz CT molecular complexity index is 576. The summed E-state index contributed by atoms with van der Waals surface area (Å²) in [6.07, 6.45) is 1.04.